The Hall–Kier alpha value is -0.835. The van der Waals surface area contributed by atoms with Crippen molar-refractivity contribution in [2.75, 3.05) is 6.61 Å². The maximum Gasteiger partial charge on any atom is 0.455 e. The summed E-state index contributed by atoms with van der Waals surface area (Å²) in [5.74, 6) is 0.356. The van der Waals surface area contributed by atoms with Crippen LogP contribution < -0.4 is 0 Å². The van der Waals surface area contributed by atoms with E-state index < -0.39 is 7.12 Å². The van der Waals surface area contributed by atoms with Gasteiger partial charge in [-0.15, -0.1) is 0 Å². The summed E-state index contributed by atoms with van der Waals surface area (Å²) in [6.07, 6.45) is 0.868. The third-order valence-corrected chi connectivity index (χ3v) is 2.80. The largest absolute Gasteiger partial charge is 0.455 e. The fourth-order valence-corrected chi connectivity index (χ4v) is 1.73. The van der Waals surface area contributed by atoms with Gasteiger partial charge < -0.3 is 14.8 Å². The maximum atomic E-state index is 8.88. The molecule has 1 saturated carbocycles. The maximum absolute atomic E-state index is 8.88. The minimum Gasteiger partial charge on any atom is -0.427 e. The summed E-state index contributed by atoms with van der Waals surface area (Å²) in [6.45, 7) is 1.22. The topological polar surface area (TPSA) is 49.7 Å². The number of hydrogen-bond donors (Lipinski definition) is 2. The molecule has 0 heterocycles. The minimum absolute atomic E-state index is 0.0285. The molecule has 1 aromatic carbocycles. The van der Waals surface area contributed by atoms with E-state index in [1.54, 1.807) is 0 Å². The van der Waals surface area contributed by atoms with E-state index in [1.807, 2.05) is 30.3 Å². The molecular formula is C11H15BO3. The van der Waals surface area contributed by atoms with Gasteiger partial charge in [0.2, 0.25) is 0 Å². The average molecular weight is 206 g/mol. The zero-order valence-electron chi connectivity index (χ0n) is 8.54. The Balaban J connectivity index is 1.65. The summed E-state index contributed by atoms with van der Waals surface area (Å²) in [4.78, 5) is 0. The first-order chi connectivity index (χ1) is 7.27. The van der Waals surface area contributed by atoms with Crippen molar-refractivity contribution in [3.63, 3.8) is 0 Å². The van der Waals surface area contributed by atoms with Crippen LogP contribution in [0.1, 0.15) is 12.0 Å². The van der Waals surface area contributed by atoms with Crippen LogP contribution in [0.2, 0.25) is 5.82 Å². The van der Waals surface area contributed by atoms with Gasteiger partial charge in [-0.25, -0.2) is 0 Å². The Labute approximate surface area is 89.8 Å². The van der Waals surface area contributed by atoms with Crippen LogP contribution in [0.15, 0.2) is 30.3 Å². The van der Waals surface area contributed by atoms with Crippen LogP contribution in [-0.2, 0) is 11.3 Å². The van der Waals surface area contributed by atoms with Gasteiger partial charge in [0.1, 0.15) is 0 Å². The number of rotatable bonds is 5. The molecule has 1 aliphatic carbocycles. The minimum atomic E-state index is -1.17. The molecule has 2 unspecified atom stereocenters. The lowest BCUT2D eigenvalue weighted by Gasteiger charge is -2.03. The van der Waals surface area contributed by atoms with E-state index in [0.717, 1.165) is 12.0 Å². The lowest BCUT2D eigenvalue weighted by Crippen LogP contribution is -2.12. The van der Waals surface area contributed by atoms with E-state index in [1.165, 1.54) is 0 Å². The Morgan fingerprint density at radius 1 is 1.27 bits per heavy atom. The second kappa shape index (κ2) is 4.79. The molecule has 0 radical (unpaired) electrons. The second-order valence-electron chi connectivity index (χ2n) is 4.07. The van der Waals surface area contributed by atoms with Crippen molar-refractivity contribution in [2.45, 2.75) is 18.8 Å². The molecule has 80 valence electrons. The zero-order valence-corrected chi connectivity index (χ0v) is 8.54. The van der Waals surface area contributed by atoms with E-state index in [4.69, 9.17) is 14.8 Å². The molecule has 15 heavy (non-hydrogen) atoms. The Kier molecular flexibility index (Phi) is 3.41. The third-order valence-electron chi connectivity index (χ3n) is 2.80. The van der Waals surface area contributed by atoms with Crippen LogP contribution in [0.3, 0.4) is 0 Å². The van der Waals surface area contributed by atoms with Gasteiger partial charge in [0, 0.05) is 6.61 Å². The van der Waals surface area contributed by atoms with Crippen LogP contribution in [0.4, 0.5) is 0 Å². The van der Waals surface area contributed by atoms with Gasteiger partial charge in [0.15, 0.2) is 0 Å². The van der Waals surface area contributed by atoms with Crippen molar-refractivity contribution in [3.8, 4) is 0 Å². The summed E-state index contributed by atoms with van der Waals surface area (Å²) in [6, 6.07) is 9.98. The van der Waals surface area contributed by atoms with E-state index in [2.05, 4.69) is 0 Å². The van der Waals surface area contributed by atoms with Gasteiger partial charge in [-0.2, -0.15) is 0 Å². The number of benzene rings is 1. The normalized spacial score (nSPS) is 23.9. The van der Waals surface area contributed by atoms with Gasteiger partial charge >= 0.3 is 7.12 Å². The first-order valence-corrected chi connectivity index (χ1v) is 5.25. The molecule has 2 N–H and O–H groups in total. The van der Waals surface area contributed by atoms with Crippen LogP contribution in [0.5, 0.6) is 0 Å². The molecule has 3 nitrogen and oxygen atoms in total. The predicted molar refractivity (Wildman–Crippen MR) is 58.1 cm³/mol. The summed E-state index contributed by atoms with van der Waals surface area (Å²) < 4.78 is 5.50. The van der Waals surface area contributed by atoms with Crippen LogP contribution in [0.25, 0.3) is 0 Å². The highest BCUT2D eigenvalue weighted by molar-refractivity contribution is 6.44. The first-order valence-electron chi connectivity index (χ1n) is 5.25. The highest BCUT2D eigenvalue weighted by Crippen LogP contribution is 2.45. The summed E-state index contributed by atoms with van der Waals surface area (Å²) in [7, 11) is -1.17. The molecule has 1 fully saturated rings. The standard InChI is InChI=1S/C11H15BO3/c13-12(14)11-6-10(11)8-15-7-9-4-2-1-3-5-9/h1-5,10-11,13-14H,6-8H2. The average Bonchev–Trinajstić information content (AvgIpc) is 2.99. The molecule has 2 rings (SSSR count). The molecule has 1 aliphatic rings. The van der Waals surface area contributed by atoms with Gasteiger partial charge in [0.25, 0.3) is 0 Å². The monoisotopic (exact) mass is 206 g/mol. The van der Waals surface area contributed by atoms with Gasteiger partial charge in [-0.1, -0.05) is 30.3 Å². The molecule has 0 bridgehead atoms. The molecule has 0 aliphatic heterocycles. The molecule has 0 amide bonds. The number of ether oxygens (including phenoxy) is 1. The van der Waals surface area contributed by atoms with Gasteiger partial charge in [0.05, 0.1) is 6.61 Å². The van der Waals surface area contributed by atoms with E-state index in [-0.39, 0.29) is 5.82 Å². The van der Waals surface area contributed by atoms with Crippen molar-refractivity contribution in [1.29, 1.82) is 0 Å². The lowest BCUT2D eigenvalue weighted by atomic mass is 9.82. The van der Waals surface area contributed by atoms with Crippen LogP contribution in [0, 0.1) is 5.92 Å². The predicted octanol–water partition coefficient (Wildman–Crippen LogP) is 1.07. The second-order valence-corrected chi connectivity index (χ2v) is 4.07. The van der Waals surface area contributed by atoms with E-state index >= 15 is 0 Å². The van der Waals surface area contributed by atoms with Crippen LogP contribution in [-0.4, -0.2) is 23.8 Å². The smallest absolute Gasteiger partial charge is 0.427 e. The van der Waals surface area contributed by atoms with Crippen molar-refractivity contribution in [1.82, 2.24) is 0 Å². The highest BCUT2D eigenvalue weighted by Gasteiger charge is 2.45. The summed E-state index contributed by atoms with van der Waals surface area (Å²) in [5.41, 5.74) is 1.15. The van der Waals surface area contributed by atoms with Crippen molar-refractivity contribution in [3.05, 3.63) is 35.9 Å². The Morgan fingerprint density at radius 3 is 2.60 bits per heavy atom. The fourth-order valence-electron chi connectivity index (χ4n) is 1.73. The van der Waals surface area contributed by atoms with E-state index in [0.29, 0.717) is 19.1 Å². The van der Waals surface area contributed by atoms with Crippen LogP contribution >= 0.6 is 0 Å². The molecule has 0 saturated heterocycles. The van der Waals surface area contributed by atoms with Crippen molar-refractivity contribution >= 4 is 7.12 Å². The highest BCUT2D eigenvalue weighted by atomic mass is 16.5. The Morgan fingerprint density at radius 2 is 2.00 bits per heavy atom. The zero-order chi connectivity index (χ0) is 10.7. The molecule has 0 aromatic heterocycles. The summed E-state index contributed by atoms with van der Waals surface area (Å²) >= 11 is 0. The third kappa shape index (κ3) is 3.06. The van der Waals surface area contributed by atoms with Gasteiger partial charge in [-0.05, 0) is 23.7 Å². The van der Waals surface area contributed by atoms with Gasteiger partial charge in [-0.3, -0.25) is 0 Å². The molecule has 4 heteroatoms. The first kappa shape index (κ1) is 10.7. The molecular weight excluding hydrogens is 191 g/mol. The number of hydrogen-bond acceptors (Lipinski definition) is 3. The Bertz CT molecular complexity index is 302. The molecule has 2 atom stereocenters. The van der Waals surface area contributed by atoms with Crippen molar-refractivity contribution < 1.29 is 14.8 Å². The fraction of sp³-hybridized carbons (Fsp3) is 0.455. The quantitative estimate of drug-likeness (QED) is 0.708. The summed E-state index contributed by atoms with van der Waals surface area (Å²) in [5, 5.41) is 17.8. The SMILES string of the molecule is OB(O)C1CC1COCc1ccccc1. The molecule has 0 spiro atoms. The lowest BCUT2D eigenvalue weighted by molar-refractivity contribution is 0.110. The molecule has 1 aromatic rings. The van der Waals surface area contributed by atoms with E-state index in [9.17, 15) is 0 Å². The van der Waals surface area contributed by atoms with Crippen molar-refractivity contribution in [2.24, 2.45) is 5.92 Å².